The molecule has 4 nitrogen and oxygen atoms in total. The molecule has 1 heterocycles. The molecule has 104 valence electrons. The van der Waals surface area contributed by atoms with Gasteiger partial charge in [-0.05, 0) is 51.9 Å². The van der Waals surface area contributed by atoms with E-state index in [1.807, 2.05) is 19.1 Å². The van der Waals surface area contributed by atoms with Crippen LogP contribution in [0.1, 0.15) is 35.7 Å². The van der Waals surface area contributed by atoms with Crippen LogP contribution in [0.3, 0.4) is 0 Å². The zero-order valence-corrected chi connectivity index (χ0v) is 11.6. The van der Waals surface area contributed by atoms with Crippen LogP contribution in [0.5, 0.6) is 0 Å². The summed E-state index contributed by atoms with van der Waals surface area (Å²) in [4.78, 5) is 13.7. The van der Waals surface area contributed by atoms with Crippen molar-refractivity contribution in [2.24, 2.45) is 0 Å². The van der Waals surface area contributed by atoms with Crippen LogP contribution >= 0.6 is 0 Å². The second-order valence-electron chi connectivity index (χ2n) is 5.41. The van der Waals surface area contributed by atoms with E-state index in [1.165, 1.54) is 12.8 Å². The lowest BCUT2D eigenvalue weighted by Gasteiger charge is -2.23. The van der Waals surface area contributed by atoms with Crippen LogP contribution in [0.4, 0.5) is 5.69 Å². The number of likely N-dealkylation sites (tertiary alicyclic amines) is 1. The fraction of sp³-hybridized carbons (Fsp3) is 0.533. The maximum atomic E-state index is 11.2. The molecular weight excluding hydrogens is 240 g/mol. The molecule has 0 amide bonds. The third-order valence-corrected chi connectivity index (χ3v) is 3.54. The molecule has 0 aliphatic carbocycles. The average molecular weight is 262 g/mol. The van der Waals surface area contributed by atoms with Crippen molar-refractivity contribution in [3.05, 3.63) is 29.3 Å². The predicted molar refractivity (Wildman–Crippen MR) is 76.9 cm³/mol. The normalized spacial score (nSPS) is 17.4. The van der Waals surface area contributed by atoms with E-state index < -0.39 is 5.97 Å². The first-order chi connectivity index (χ1) is 9.06. The summed E-state index contributed by atoms with van der Waals surface area (Å²) in [7, 11) is 0. The van der Waals surface area contributed by atoms with Crippen molar-refractivity contribution in [3.8, 4) is 0 Å². The van der Waals surface area contributed by atoms with Crippen LogP contribution < -0.4 is 5.32 Å². The van der Waals surface area contributed by atoms with Gasteiger partial charge in [0.1, 0.15) is 0 Å². The fourth-order valence-electron chi connectivity index (χ4n) is 2.62. The molecule has 0 radical (unpaired) electrons. The molecule has 0 bridgehead atoms. The molecule has 1 aromatic carbocycles. The number of carboxylic acids is 1. The maximum Gasteiger partial charge on any atom is 0.337 e. The molecule has 0 saturated carbocycles. The quantitative estimate of drug-likeness (QED) is 0.856. The number of carboxylic acid groups (broad SMARTS) is 1. The van der Waals surface area contributed by atoms with Crippen LogP contribution in [0.2, 0.25) is 0 Å². The van der Waals surface area contributed by atoms with Gasteiger partial charge < -0.3 is 15.3 Å². The van der Waals surface area contributed by atoms with Gasteiger partial charge >= 0.3 is 5.97 Å². The Balaban J connectivity index is 2.03. The molecule has 19 heavy (non-hydrogen) atoms. The predicted octanol–water partition coefficient (Wildman–Crippen LogP) is 2.59. The fourth-order valence-corrected chi connectivity index (χ4v) is 2.62. The minimum absolute atomic E-state index is 0.249. The SMILES string of the molecule is Cc1ccc(NC(C)CN2CCCC2)c(C(=O)O)c1. The smallest absolute Gasteiger partial charge is 0.337 e. The molecule has 1 atom stereocenters. The lowest BCUT2D eigenvalue weighted by Crippen LogP contribution is -2.33. The van der Waals surface area contributed by atoms with Crippen LogP contribution in [-0.2, 0) is 0 Å². The molecule has 1 saturated heterocycles. The van der Waals surface area contributed by atoms with Crippen molar-refractivity contribution in [1.29, 1.82) is 0 Å². The number of hydrogen-bond donors (Lipinski definition) is 2. The minimum Gasteiger partial charge on any atom is -0.478 e. The Hall–Kier alpha value is -1.55. The van der Waals surface area contributed by atoms with Gasteiger partial charge in [-0.3, -0.25) is 0 Å². The molecule has 2 N–H and O–H groups in total. The van der Waals surface area contributed by atoms with Crippen molar-refractivity contribution in [2.75, 3.05) is 25.0 Å². The van der Waals surface area contributed by atoms with Crippen molar-refractivity contribution in [1.82, 2.24) is 4.90 Å². The lowest BCUT2D eigenvalue weighted by molar-refractivity contribution is 0.0698. The molecule has 0 aromatic heterocycles. The van der Waals surface area contributed by atoms with Gasteiger partial charge in [-0.1, -0.05) is 11.6 Å². The summed E-state index contributed by atoms with van der Waals surface area (Å²) in [6, 6.07) is 5.77. The van der Waals surface area contributed by atoms with Gasteiger partial charge in [0.25, 0.3) is 0 Å². The lowest BCUT2D eigenvalue weighted by atomic mass is 10.1. The van der Waals surface area contributed by atoms with Gasteiger partial charge in [-0.2, -0.15) is 0 Å². The van der Waals surface area contributed by atoms with Gasteiger partial charge in [-0.15, -0.1) is 0 Å². The van der Waals surface area contributed by atoms with Gasteiger partial charge in [-0.25, -0.2) is 4.79 Å². The summed E-state index contributed by atoms with van der Waals surface area (Å²) in [5, 5.41) is 12.6. The number of benzene rings is 1. The molecule has 1 aromatic rings. The molecule has 1 aliphatic heterocycles. The Kier molecular flexibility index (Phi) is 4.43. The number of carbonyl (C=O) groups is 1. The van der Waals surface area contributed by atoms with Crippen LogP contribution in [-0.4, -0.2) is 41.7 Å². The minimum atomic E-state index is -0.875. The van der Waals surface area contributed by atoms with Gasteiger partial charge in [0.15, 0.2) is 0 Å². The number of nitrogens with one attached hydrogen (secondary N) is 1. The summed E-state index contributed by atoms with van der Waals surface area (Å²) in [5.74, 6) is -0.875. The zero-order valence-electron chi connectivity index (χ0n) is 11.6. The summed E-state index contributed by atoms with van der Waals surface area (Å²) in [6.07, 6.45) is 2.55. The van der Waals surface area contributed by atoms with Crippen LogP contribution in [0.15, 0.2) is 18.2 Å². The standard InChI is InChI=1S/C15H22N2O2/c1-11-5-6-14(13(9-11)15(18)19)16-12(2)10-17-7-3-4-8-17/h5-6,9,12,16H,3-4,7-8,10H2,1-2H3,(H,18,19). The van der Waals surface area contributed by atoms with E-state index in [-0.39, 0.29) is 6.04 Å². The molecule has 1 fully saturated rings. The highest BCUT2D eigenvalue weighted by molar-refractivity contribution is 5.94. The number of anilines is 1. The number of aromatic carboxylic acids is 1. The molecule has 4 heteroatoms. The highest BCUT2D eigenvalue weighted by atomic mass is 16.4. The van der Waals surface area contributed by atoms with Crippen molar-refractivity contribution >= 4 is 11.7 Å². The largest absolute Gasteiger partial charge is 0.478 e. The molecular formula is C15H22N2O2. The Labute approximate surface area is 114 Å². The third-order valence-electron chi connectivity index (χ3n) is 3.54. The molecule has 0 spiro atoms. The molecule has 2 rings (SSSR count). The summed E-state index contributed by atoms with van der Waals surface area (Å²) >= 11 is 0. The Morgan fingerprint density at radius 1 is 1.42 bits per heavy atom. The van der Waals surface area contributed by atoms with Crippen molar-refractivity contribution in [2.45, 2.75) is 32.7 Å². The Morgan fingerprint density at radius 2 is 2.11 bits per heavy atom. The van der Waals surface area contributed by atoms with Gasteiger partial charge in [0.2, 0.25) is 0 Å². The first-order valence-corrected chi connectivity index (χ1v) is 6.89. The van der Waals surface area contributed by atoms with Crippen LogP contribution in [0, 0.1) is 6.92 Å². The summed E-state index contributed by atoms with van der Waals surface area (Å²) < 4.78 is 0. The van der Waals surface area contributed by atoms with E-state index in [2.05, 4.69) is 17.1 Å². The topological polar surface area (TPSA) is 52.6 Å². The zero-order chi connectivity index (χ0) is 13.8. The second kappa shape index (κ2) is 6.06. The third kappa shape index (κ3) is 3.70. The Bertz CT molecular complexity index is 453. The second-order valence-corrected chi connectivity index (χ2v) is 5.41. The van der Waals surface area contributed by atoms with Crippen molar-refractivity contribution in [3.63, 3.8) is 0 Å². The van der Waals surface area contributed by atoms with E-state index in [0.717, 1.165) is 25.2 Å². The summed E-state index contributed by atoms with van der Waals surface area (Å²) in [5.41, 5.74) is 2.04. The summed E-state index contributed by atoms with van der Waals surface area (Å²) in [6.45, 7) is 7.29. The van der Waals surface area contributed by atoms with E-state index in [1.54, 1.807) is 6.07 Å². The number of nitrogens with zero attached hydrogens (tertiary/aromatic N) is 1. The first kappa shape index (κ1) is 13.9. The van der Waals surface area contributed by atoms with Crippen molar-refractivity contribution < 1.29 is 9.90 Å². The first-order valence-electron chi connectivity index (χ1n) is 6.89. The number of rotatable bonds is 5. The average Bonchev–Trinajstić information content (AvgIpc) is 2.83. The van der Waals surface area contributed by atoms with Crippen LogP contribution in [0.25, 0.3) is 0 Å². The van der Waals surface area contributed by atoms with Gasteiger partial charge in [0, 0.05) is 18.3 Å². The monoisotopic (exact) mass is 262 g/mol. The highest BCUT2D eigenvalue weighted by Crippen LogP contribution is 2.19. The van der Waals surface area contributed by atoms with E-state index in [4.69, 9.17) is 0 Å². The maximum absolute atomic E-state index is 11.2. The van der Waals surface area contributed by atoms with Gasteiger partial charge in [0.05, 0.1) is 5.56 Å². The molecule has 1 aliphatic rings. The highest BCUT2D eigenvalue weighted by Gasteiger charge is 2.16. The Morgan fingerprint density at radius 3 is 2.74 bits per heavy atom. The molecule has 1 unspecified atom stereocenters. The number of aryl methyl sites for hydroxylation is 1. The van der Waals surface area contributed by atoms with E-state index in [0.29, 0.717) is 11.3 Å². The number of hydrogen-bond acceptors (Lipinski definition) is 3. The van der Waals surface area contributed by atoms with E-state index in [9.17, 15) is 9.90 Å². The van der Waals surface area contributed by atoms with E-state index >= 15 is 0 Å².